The molecule has 0 aliphatic carbocycles. The van der Waals surface area contributed by atoms with Crippen LogP contribution in [0.3, 0.4) is 0 Å². The monoisotopic (exact) mass is 299 g/mol. The second-order valence-electron chi connectivity index (χ2n) is 5.82. The van der Waals surface area contributed by atoms with Crippen LogP contribution in [-0.4, -0.2) is 34.1 Å². The summed E-state index contributed by atoms with van der Waals surface area (Å²) in [5, 5.41) is 7.43. The highest BCUT2D eigenvalue weighted by Gasteiger charge is 2.27. The predicted octanol–water partition coefficient (Wildman–Crippen LogP) is 2.63. The number of benzene rings is 1. The first kappa shape index (κ1) is 14.6. The second-order valence-corrected chi connectivity index (χ2v) is 5.82. The summed E-state index contributed by atoms with van der Waals surface area (Å²) in [5.41, 5.74) is 2.22. The van der Waals surface area contributed by atoms with Crippen molar-refractivity contribution < 1.29 is 9.18 Å². The average molecular weight is 299 g/mol. The van der Waals surface area contributed by atoms with Crippen LogP contribution in [0.5, 0.6) is 0 Å². The smallest absolute Gasteiger partial charge is 0.255 e. The van der Waals surface area contributed by atoms with Gasteiger partial charge in [0.05, 0.1) is 18.0 Å². The normalized spacial score (nSPS) is 17.7. The quantitative estimate of drug-likeness (QED) is 0.875. The number of hydrogen-bond acceptors (Lipinski definition) is 3. The highest BCUT2D eigenvalue weighted by molar-refractivity contribution is 5.93. The number of nitrogens with zero attached hydrogens (tertiary/aromatic N) is 3. The highest BCUT2D eigenvalue weighted by atomic mass is 19.1. The third-order valence-electron chi connectivity index (χ3n) is 4.16. The Kier molecular flexibility index (Phi) is 4.13. The SMILES string of the molecule is Cc1ccc(CC2CCN(C(=O)c3ccnnc3)C2)cc1F. The Morgan fingerprint density at radius 2 is 2.23 bits per heavy atom. The van der Waals surface area contributed by atoms with Crippen molar-refractivity contribution in [3.05, 3.63) is 59.2 Å². The first-order valence-corrected chi connectivity index (χ1v) is 7.44. The van der Waals surface area contributed by atoms with Crippen LogP contribution in [0.4, 0.5) is 4.39 Å². The van der Waals surface area contributed by atoms with Crippen molar-refractivity contribution in [2.45, 2.75) is 19.8 Å². The standard InChI is InChI=1S/C17H18FN3O/c1-12-2-3-13(9-16(12)18)8-14-5-7-21(11-14)17(22)15-4-6-19-20-10-15/h2-4,6,9-10,14H,5,7-8,11H2,1H3. The van der Waals surface area contributed by atoms with Gasteiger partial charge in [-0.2, -0.15) is 10.2 Å². The molecule has 4 nitrogen and oxygen atoms in total. The summed E-state index contributed by atoms with van der Waals surface area (Å²) in [6, 6.07) is 7.06. The van der Waals surface area contributed by atoms with Gasteiger partial charge in [0.15, 0.2) is 0 Å². The summed E-state index contributed by atoms with van der Waals surface area (Å²) >= 11 is 0. The van der Waals surface area contributed by atoms with Gasteiger partial charge >= 0.3 is 0 Å². The molecule has 1 aromatic carbocycles. The molecular weight excluding hydrogens is 281 g/mol. The molecule has 1 amide bonds. The van der Waals surface area contributed by atoms with Crippen LogP contribution in [0.25, 0.3) is 0 Å². The van der Waals surface area contributed by atoms with E-state index in [4.69, 9.17) is 0 Å². The molecule has 22 heavy (non-hydrogen) atoms. The zero-order valence-corrected chi connectivity index (χ0v) is 12.5. The second kappa shape index (κ2) is 6.22. The Morgan fingerprint density at radius 1 is 1.36 bits per heavy atom. The number of carbonyl (C=O) groups is 1. The van der Waals surface area contributed by atoms with Crippen LogP contribution in [0.15, 0.2) is 36.7 Å². The number of aromatic nitrogens is 2. The van der Waals surface area contributed by atoms with Crippen molar-refractivity contribution in [3.8, 4) is 0 Å². The lowest BCUT2D eigenvalue weighted by Gasteiger charge is -2.16. The van der Waals surface area contributed by atoms with Gasteiger partial charge in [0, 0.05) is 13.1 Å². The summed E-state index contributed by atoms with van der Waals surface area (Å²) in [6.45, 7) is 3.20. The zero-order valence-electron chi connectivity index (χ0n) is 12.5. The lowest BCUT2D eigenvalue weighted by atomic mass is 9.98. The van der Waals surface area contributed by atoms with Crippen LogP contribution >= 0.6 is 0 Å². The highest BCUT2D eigenvalue weighted by Crippen LogP contribution is 2.23. The van der Waals surface area contributed by atoms with Gasteiger partial charge in [0.25, 0.3) is 5.91 Å². The van der Waals surface area contributed by atoms with Gasteiger partial charge in [-0.25, -0.2) is 4.39 Å². The number of aryl methyl sites for hydroxylation is 1. The van der Waals surface area contributed by atoms with Gasteiger partial charge in [-0.3, -0.25) is 4.79 Å². The van der Waals surface area contributed by atoms with E-state index in [1.807, 2.05) is 17.0 Å². The fourth-order valence-electron chi connectivity index (χ4n) is 2.88. The molecule has 5 heteroatoms. The van der Waals surface area contributed by atoms with E-state index in [0.29, 0.717) is 23.6 Å². The van der Waals surface area contributed by atoms with Gasteiger partial charge in [-0.15, -0.1) is 0 Å². The summed E-state index contributed by atoms with van der Waals surface area (Å²) in [5.74, 6) is 0.208. The largest absolute Gasteiger partial charge is 0.338 e. The van der Waals surface area contributed by atoms with Crippen LogP contribution < -0.4 is 0 Å². The van der Waals surface area contributed by atoms with Crippen molar-refractivity contribution in [2.24, 2.45) is 5.92 Å². The first-order chi connectivity index (χ1) is 10.6. The summed E-state index contributed by atoms with van der Waals surface area (Å²) in [6.07, 6.45) is 4.76. The molecule has 0 saturated carbocycles. The molecule has 0 spiro atoms. The first-order valence-electron chi connectivity index (χ1n) is 7.44. The zero-order chi connectivity index (χ0) is 15.5. The summed E-state index contributed by atoms with van der Waals surface area (Å²) in [7, 11) is 0. The molecule has 1 aliphatic heterocycles. The van der Waals surface area contributed by atoms with Gasteiger partial charge in [-0.1, -0.05) is 12.1 Å². The van der Waals surface area contributed by atoms with Crippen molar-refractivity contribution in [2.75, 3.05) is 13.1 Å². The molecule has 1 unspecified atom stereocenters. The molecule has 0 N–H and O–H groups in total. The van der Waals surface area contributed by atoms with Crippen molar-refractivity contribution in [3.63, 3.8) is 0 Å². The summed E-state index contributed by atoms with van der Waals surface area (Å²) < 4.78 is 13.6. The molecule has 114 valence electrons. The van der Waals surface area contributed by atoms with Gasteiger partial charge in [-0.05, 0) is 48.9 Å². The van der Waals surface area contributed by atoms with Crippen molar-refractivity contribution >= 4 is 5.91 Å². The van der Waals surface area contributed by atoms with Crippen LogP contribution in [0.1, 0.15) is 27.9 Å². The van der Waals surface area contributed by atoms with Gasteiger partial charge in [0.2, 0.25) is 0 Å². The minimum atomic E-state index is -0.161. The molecule has 2 heterocycles. The lowest BCUT2D eigenvalue weighted by molar-refractivity contribution is 0.0786. The maximum atomic E-state index is 13.6. The lowest BCUT2D eigenvalue weighted by Crippen LogP contribution is -2.29. The third-order valence-corrected chi connectivity index (χ3v) is 4.16. The van der Waals surface area contributed by atoms with E-state index in [1.54, 1.807) is 19.1 Å². The van der Waals surface area contributed by atoms with E-state index in [1.165, 1.54) is 12.4 Å². The Balaban J connectivity index is 1.62. The van der Waals surface area contributed by atoms with E-state index in [-0.39, 0.29) is 11.7 Å². The fraction of sp³-hybridized carbons (Fsp3) is 0.353. The van der Waals surface area contributed by atoms with E-state index < -0.39 is 0 Å². The minimum Gasteiger partial charge on any atom is -0.338 e. The number of carbonyl (C=O) groups excluding carboxylic acids is 1. The molecule has 1 saturated heterocycles. The number of rotatable bonds is 3. The van der Waals surface area contributed by atoms with Crippen LogP contribution in [0.2, 0.25) is 0 Å². The number of amides is 1. The average Bonchev–Trinajstić information content (AvgIpc) is 2.99. The Bertz CT molecular complexity index is 675. The van der Waals surface area contributed by atoms with E-state index in [9.17, 15) is 9.18 Å². The van der Waals surface area contributed by atoms with E-state index in [0.717, 1.165) is 24.9 Å². The molecule has 3 rings (SSSR count). The topological polar surface area (TPSA) is 46.1 Å². The fourth-order valence-corrected chi connectivity index (χ4v) is 2.88. The Hall–Kier alpha value is -2.30. The predicted molar refractivity (Wildman–Crippen MR) is 80.9 cm³/mol. The molecule has 2 aromatic rings. The Labute approximate surface area is 129 Å². The number of likely N-dealkylation sites (tertiary alicyclic amines) is 1. The van der Waals surface area contributed by atoms with Gasteiger partial charge < -0.3 is 4.90 Å². The molecule has 1 fully saturated rings. The van der Waals surface area contributed by atoms with Crippen molar-refractivity contribution in [1.82, 2.24) is 15.1 Å². The number of hydrogen-bond donors (Lipinski definition) is 0. The third kappa shape index (κ3) is 3.13. The Morgan fingerprint density at radius 3 is 2.95 bits per heavy atom. The molecule has 0 radical (unpaired) electrons. The molecule has 1 aromatic heterocycles. The molecule has 0 bridgehead atoms. The molecule has 1 atom stereocenters. The maximum Gasteiger partial charge on any atom is 0.255 e. The molecule has 1 aliphatic rings. The van der Waals surface area contributed by atoms with Crippen LogP contribution in [0, 0.1) is 18.7 Å². The van der Waals surface area contributed by atoms with Crippen LogP contribution in [-0.2, 0) is 6.42 Å². The van der Waals surface area contributed by atoms with Gasteiger partial charge in [0.1, 0.15) is 5.82 Å². The summed E-state index contributed by atoms with van der Waals surface area (Å²) in [4.78, 5) is 14.2. The van der Waals surface area contributed by atoms with E-state index in [2.05, 4.69) is 10.2 Å². The van der Waals surface area contributed by atoms with Crippen molar-refractivity contribution in [1.29, 1.82) is 0 Å². The maximum absolute atomic E-state index is 13.6. The van der Waals surface area contributed by atoms with E-state index >= 15 is 0 Å². The number of halogens is 1. The minimum absolute atomic E-state index is 0.00696. The molecular formula is C17H18FN3O.